The summed E-state index contributed by atoms with van der Waals surface area (Å²) < 4.78 is 28.4. The minimum absolute atomic E-state index is 0.118. The van der Waals surface area contributed by atoms with Crippen molar-refractivity contribution in [2.75, 3.05) is 13.1 Å². The number of benzene rings is 2. The van der Waals surface area contributed by atoms with Crippen LogP contribution in [0.25, 0.3) is 0 Å². The minimum atomic E-state index is -1.88. The Morgan fingerprint density at radius 1 is 0.771 bits per heavy atom. The Hall–Kier alpha value is -5.65. The van der Waals surface area contributed by atoms with E-state index in [2.05, 4.69) is 21.3 Å². The predicted octanol–water partition coefficient (Wildman–Crippen LogP) is -1.72. The first kappa shape index (κ1) is 38.5. The van der Waals surface area contributed by atoms with Gasteiger partial charge in [-0.2, -0.15) is 0 Å². The van der Waals surface area contributed by atoms with Crippen molar-refractivity contribution in [2.45, 2.75) is 56.0 Å². The zero-order valence-electron chi connectivity index (χ0n) is 25.6. The standard InChI is InChI=1S/C30H38F2N8O8/c31-18-8-6-17(7-9-18)11-21(39-26(44)20(33)10-16-4-2-1-3-5-16)28(46)40-22(12-19(32)14-37-30(34)35)27(45)36-15-24(41)38-23(29(47)48)13-25(42)43/h1-9,19-23H,10-15,33H2,(H,36,45)(H,38,41)(H,39,44)(H,40,46)(H,42,43)(H,47,48)(H4,34,35,37)/t19?,20-,21-,22-,23-/m0/s1. The molecule has 0 heterocycles. The molecule has 0 saturated heterocycles. The zero-order chi connectivity index (χ0) is 35.8. The largest absolute Gasteiger partial charge is 0.481 e. The molecule has 1 unspecified atom stereocenters. The first-order chi connectivity index (χ1) is 22.6. The van der Waals surface area contributed by atoms with E-state index in [1.54, 1.807) is 30.3 Å². The quantitative estimate of drug-likeness (QED) is 0.0590. The number of nitrogens with two attached hydrogens (primary N) is 2. The summed E-state index contributed by atoms with van der Waals surface area (Å²) in [5.41, 5.74) is 12.4. The number of hydrogen-bond acceptors (Lipinski definition) is 8. The van der Waals surface area contributed by atoms with E-state index in [4.69, 9.17) is 27.1 Å². The van der Waals surface area contributed by atoms with Crippen molar-refractivity contribution < 1.29 is 47.8 Å². The number of carboxylic acids is 2. The molecular weight excluding hydrogens is 638 g/mol. The van der Waals surface area contributed by atoms with Gasteiger partial charge in [-0.3, -0.25) is 29.4 Å². The number of carboxylic acid groups (broad SMARTS) is 2. The van der Waals surface area contributed by atoms with Gasteiger partial charge in [0.25, 0.3) is 0 Å². The van der Waals surface area contributed by atoms with Gasteiger partial charge in [-0.15, -0.1) is 0 Å². The molecule has 5 atom stereocenters. The van der Waals surface area contributed by atoms with Crippen molar-refractivity contribution >= 4 is 41.5 Å². The Kier molecular flexibility index (Phi) is 15.3. The summed E-state index contributed by atoms with van der Waals surface area (Å²) >= 11 is 0. The maximum atomic E-state index is 14.8. The molecule has 0 radical (unpaired) electrons. The van der Waals surface area contributed by atoms with Gasteiger partial charge in [-0.1, -0.05) is 42.5 Å². The second-order valence-electron chi connectivity index (χ2n) is 10.7. The first-order valence-electron chi connectivity index (χ1n) is 14.5. The molecule has 16 nitrogen and oxygen atoms in total. The number of halogens is 2. The van der Waals surface area contributed by atoms with E-state index >= 15 is 0 Å². The van der Waals surface area contributed by atoms with Crippen LogP contribution < -0.4 is 38.1 Å². The molecule has 0 saturated carbocycles. The maximum absolute atomic E-state index is 14.8. The minimum Gasteiger partial charge on any atom is -0.481 e. The van der Waals surface area contributed by atoms with Crippen LogP contribution in [0, 0.1) is 11.2 Å². The molecule has 0 aliphatic carbocycles. The summed E-state index contributed by atoms with van der Waals surface area (Å²) in [4.78, 5) is 74.1. The number of alkyl halides is 1. The van der Waals surface area contributed by atoms with Crippen LogP contribution in [0.1, 0.15) is 24.0 Å². The van der Waals surface area contributed by atoms with Gasteiger partial charge in [0.2, 0.25) is 23.6 Å². The molecule has 2 rings (SSSR count). The van der Waals surface area contributed by atoms with E-state index in [1.807, 2.05) is 5.32 Å². The van der Waals surface area contributed by atoms with Gasteiger partial charge in [-0.05, 0) is 29.7 Å². The van der Waals surface area contributed by atoms with Crippen LogP contribution in [0.2, 0.25) is 0 Å². The fourth-order valence-electron chi connectivity index (χ4n) is 4.28. The van der Waals surface area contributed by atoms with Gasteiger partial charge >= 0.3 is 11.9 Å². The number of amides is 4. The number of carbonyl (C=O) groups is 6. The van der Waals surface area contributed by atoms with Crippen molar-refractivity contribution in [1.29, 1.82) is 5.41 Å². The Bertz CT molecular complexity index is 1450. The summed E-state index contributed by atoms with van der Waals surface area (Å²) in [6, 6.07) is 7.81. The van der Waals surface area contributed by atoms with Gasteiger partial charge in [0, 0.05) is 19.4 Å². The summed E-state index contributed by atoms with van der Waals surface area (Å²) in [6.07, 6.45) is -3.61. The second-order valence-corrected chi connectivity index (χ2v) is 10.7. The molecular formula is C30H38F2N8O8. The summed E-state index contributed by atoms with van der Waals surface area (Å²) in [7, 11) is 0. The van der Waals surface area contributed by atoms with E-state index in [0.29, 0.717) is 5.56 Å². The van der Waals surface area contributed by atoms with Crippen LogP contribution in [0.5, 0.6) is 0 Å². The number of carbonyl (C=O) groups excluding carboxylic acids is 4. The lowest BCUT2D eigenvalue weighted by molar-refractivity contribution is -0.147. The van der Waals surface area contributed by atoms with E-state index in [-0.39, 0.29) is 12.8 Å². The van der Waals surface area contributed by atoms with Crippen molar-refractivity contribution in [3.63, 3.8) is 0 Å². The van der Waals surface area contributed by atoms with Crippen molar-refractivity contribution in [1.82, 2.24) is 26.6 Å². The normalized spacial score (nSPS) is 13.8. The third-order valence-electron chi connectivity index (χ3n) is 6.69. The van der Waals surface area contributed by atoms with E-state index < -0.39 is 104 Å². The Morgan fingerprint density at radius 2 is 1.38 bits per heavy atom. The highest BCUT2D eigenvalue weighted by molar-refractivity contribution is 5.95. The Morgan fingerprint density at radius 3 is 1.96 bits per heavy atom. The van der Waals surface area contributed by atoms with Crippen molar-refractivity contribution in [3.05, 3.63) is 71.5 Å². The van der Waals surface area contributed by atoms with Crippen LogP contribution in [0.15, 0.2) is 54.6 Å². The lowest BCUT2D eigenvalue weighted by Gasteiger charge is -2.25. The van der Waals surface area contributed by atoms with Crippen molar-refractivity contribution in [2.24, 2.45) is 11.5 Å². The molecule has 0 aliphatic rings. The second kappa shape index (κ2) is 19.1. The van der Waals surface area contributed by atoms with Crippen LogP contribution in [0.4, 0.5) is 8.78 Å². The number of nitrogens with one attached hydrogen (secondary N) is 6. The summed E-state index contributed by atoms with van der Waals surface area (Å²) in [6.45, 7) is -1.41. The molecule has 0 fully saturated rings. The van der Waals surface area contributed by atoms with Crippen LogP contribution in [-0.2, 0) is 41.6 Å². The van der Waals surface area contributed by atoms with Crippen LogP contribution in [0.3, 0.4) is 0 Å². The highest BCUT2D eigenvalue weighted by atomic mass is 19.1. The zero-order valence-corrected chi connectivity index (χ0v) is 25.6. The van der Waals surface area contributed by atoms with Gasteiger partial charge in [0.05, 0.1) is 19.0 Å². The fourth-order valence-corrected chi connectivity index (χ4v) is 4.28. The molecule has 0 bridgehead atoms. The first-order valence-corrected chi connectivity index (χ1v) is 14.5. The van der Waals surface area contributed by atoms with Gasteiger partial charge in [0.1, 0.15) is 30.1 Å². The molecule has 4 amide bonds. The maximum Gasteiger partial charge on any atom is 0.326 e. The highest BCUT2D eigenvalue weighted by Crippen LogP contribution is 2.10. The SMILES string of the molecule is N=C(N)NCC(F)C[C@H](NC(=O)[C@H](Cc1ccc(F)cc1)NC(=O)[C@@H](N)Cc1ccccc1)C(=O)NCC(=O)N[C@@H](CC(=O)O)C(=O)O. The molecule has 48 heavy (non-hydrogen) atoms. The third-order valence-corrected chi connectivity index (χ3v) is 6.69. The van der Waals surface area contributed by atoms with E-state index in [0.717, 1.165) is 17.7 Å². The summed E-state index contributed by atoms with van der Waals surface area (Å²) in [5.74, 6) is -8.16. The lowest BCUT2D eigenvalue weighted by atomic mass is 10.0. The van der Waals surface area contributed by atoms with Crippen LogP contribution in [-0.4, -0.2) is 95.2 Å². The molecule has 2 aromatic rings. The van der Waals surface area contributed by atoms with Crippen molar-refractivity contribution in [3.8, 4) is 0 Å². The molecule has 12 N–H and O–H groups in total. The number of guanidine groups is 1. The van der Waals surface area contributed by atoms with Gasteiger partial charge < -0.3 is 48.3 Å². The number of aliphatic carboxylic acids is 2. The fraction of sp³-hybridized carbons (Fsp3) is 0.367. The predicted molar refractivity (Wildman–Crippen MR) is 166 cm³/mol. The highest BCUT2D eigenvalue weighted by Gasteiger charge is 2.31. The average molecular weight is 677 g/mol. The monoisotopic (exact) mass is 676 g/mol. The molecule has 260 valence electrons. The lowest BCUT2D eigenvalue weighted by Crippen LogP contribution is -2.58. The van der Waals surface area contributed by atoms with Crippen LogP contribution >= 0.6 is 0 Å². The average Bonchev–Trinajstić information content (AvgIpc) is 3.02. The molecule has 0 aromatic heterocycles. The van der Waals surface area contributed by atoms with Gasteiger partial charge in [-0.25, -0.2) is 13.6 Å². The Balaban J connectivity index is 2.24. The topological polar surface area (TPSA) is 279 Å². The smallest absolute Gasteiger partial charge is 0.326 e. The Labute approximate surface area is 273 Å². The number of rotatable bonds is 19. The van der Waals surface area contributed by atoms with Gasteiger partial charge in [0.15, 0.2) is 5.96 Å². The van der Waals surface area contributed by atoms with E-state index in [1.165, 1.54) is 12.1 Å². The molecule has 0 aliphatic heterocycles. The molecule has 2 aromatic carbocycles. The number of hydrogen-bond donors (Lipinski definition) is 10. The van der Waals surface area contributed by atoms with E-state index in [9.17, 15) is 37.5 Å². The molecule has 18 heteroatoms. The third kappa shape index (κ3) is 14.2. The summed E-state index contributed by atoms with van der Waals surface area (Å²) in [5, 5.41) is 36.3. The molecule has 0 spiro atoms.